The molecule has 2 aromatic heterocycles. The largest absolute Gasteiger partial charge is 0.493 e. The van der Waals surface area contributed by atoms with Gasteiger partial charge in [0.1, 0.15) is 5.76 Å². The first-order chi connectivity index (χ1) is 14.4. The number of hydrogen-bond donors (Lipinski definition) is 1. The van der Waals surface area contributed by atoms with Crippen molar-refractivity contribution in [3.8, 4) is 22.3 Å². The number of carbonyl (C=O) groups is 1. The van der Waals surface area contributed by atoms with Crippen LogP contribution in [0.15, 0.2) is 40.1 Å². The molecule has 1 unspecified atom stereocenters. The molecule has 0 aliphatic carbocycles. The fourth-order valence-corrected chi connectivity index (χ4v) is 3.70. The van der Waals surface area contributed by atoms with Crippen molar-refractivity contribution in [3.05, 3.63) is 52.7 Å². The number of furan rings is 1. The van der Waals surface area contributed by atoms with E-state index in [-0.39, 0.29) is 18.4 Å². The van der Waals surface area contributed by atoms with Gasteiger partial charge in [-0.25, -0.2) is 4.98 Å². The molecule has 1 amide bonds. The Labute approximate surface area is 181 Å². The van der Waals surface area contributed by atoms with Gasteiger partial charge in [0.05, 0.1) is 31.9 Å². The van der Waals surface area contributed by atoms with Crippen LogP contribution in [-0.4, -0.2) is 24.6 Å². The van der Waals surface area contributed by atoms with Gasteiger partial charge < -0.3 is 19.2 Å². The van der Waals surface area contributed by atoms with Crippen LogP contribution in [0, 0.1) is 12.8 Å². The molecule has 1 N–H and O–H groups in total. The minimum Gasteiger partial charge on any atom is -0.493 e. The van der Waals surface area contributed by atoms with E-state index in [9.17, 15) is 4.79 Å². The minimum atomic E-state index is -0.170. The van der Waals surface area contributed by atoms with E-state index < -0.39 is 0 Å². The molecule has 160 valence electrons. The standard InChI is InChI=1S/C23H28N2O4S/c1-14(2)12-28-19-9-7-17(10-21(19)27-5)16(4)24-22(26)11-18-13-30-23(25-18)20-8-6-15(3)29-20/h6-10,13-14,16H,11-12H2,1-5H3,(H,24,26). The number of methoxy groups -OCH3 is 1. The number of nitrogens with one attached hydrogen (secondary N) is 1. The molecule has 1 atom stereocenters. The number of aryl methyl sites for hydroxylation is 1. The molecule has 30 heavy (non-hydrogen) atoms. The zero-order chi connectivity index (χ0) is 21.7. The lowest BCUT2D eigenvalue weighted by molar-refractivity contribution is -0.121. The first kappa shape index (κ1) is 21.9. The number of rotatable bonds is 9. The zero-order valence-electron chi connectivity index (χ0n) is 18.0. The topological polar surface area (TPSA) is 73.6 Å². The highest BCUT2D eigenvalue weighted by molar-refractivity contribution is 7.13. The summed E-state index contributed by atoms with van der Waals surface area (Å²) in [6.45, 7) is 8.65. The van der Waals surface area contributed by atoms with Crippen molar-refractivity contribution in [2.45, 2.75) is 40.2 Å². The van der Waals surface area contributed by atoms with Crippen LogP contribution >= 0.6 is 11.3 Å². The number of amides is 1. The molecule has 0 fully saturated rings. The van der Waals surface area contributed by atoms with Gasteiger partial charge in [0.25, 0.3) is 0 Å². The van der Waals surface area contributed by atoms with Crippen molar-refractivity contribution in [2.24, 2.45) is 5.92 Å². The number of benzene rings is 1. The summed E-state index contributed by atoms with van der Waals surface area (Å²) in [6, 6.07) is 9.36. The van der Waals surface area contributed by atoms with Crippen molar-refractivity contribution in [3.63, 3.8) is 0 Å². The molecule has 2 heterocycles. The maximum Gasteiger partial charge on any atom is 0.226 e. The maximum absolute atomic E-state index is 12.5. The van der Waals surface area contributed by atoms with Crippen LogP contribution in [0.2, 0.25) is 0 Å². The minimum absolute atomic E-state index is 0.0888. The molecule has 0 spiro atoms. The second kappa shape index (κ2) is 9.80. The van der Waals surface area contributed by atoms with Crippen LogP contribution in [0.1, 0.15) is 43.8 Å². The number of ether oxygens (including phenoxy) is 2. The third-order valence-corrected chi connectivity index (χ3v) is 5.39. The Balaban J connectivity index is 1.60. The van der Waals surface area contributed by atoms with Gasteiger partial charge in [0.2, 0.25) is 5.91 Å². The van der Waals surface area contributed by atoms with Crippen molar-refractivity contribution in [1.82, 2.24) is 10.3 Å². The first-order valence-electron chi connectivity index (χ1n) is 9.97. The van der Waals surface area contributed by atoms with Crippen molar-refractivity contribution in [2.75, 3.05) is 13.7 Å². The predicted molar refractivity (Wildman–Crippen MR) is 118 cm³/mol. The van der Waals surface area contributed by atoms with Gasteiger partial charge in [-0.3, -0.25) is 4.79 Å². The molecule has 3 aromatic rings. The molecule has 1 aromatic carbocycles. The molecule has 0 bridgehead atoms. The lowest BCUT2D eigenvalue weighted by atomic mass is 10.1. The molecule has 3 rings (SSSR count). The highest BCUT2D eigenvalue weighted by Crippen LogP contribution is 2.31. The summed E-state index contributed by atoms with van der Waals surface area (Å²) in [7, 11) is 1.62. The Bertz CT molecular complexity index is 993. The average Bonchev–Trinajstić information content (AvgIpc) is 3.34. The molecule has 0 aliphatic heterocycles. The predicted octanol–water partition coefficient (Wildman–Crippen LogP) is 5.17. The fourth-order valence-electron chi connectivity index (χ4n) is 2.92. The van der Waals surface area contributed by atoms with Gasteiger partial charge >= 0.3 is 0 Å². The van der Waals surface area contributed by atoms with Gasteiger partial charge in [-0.15, -0.1) is 11.3 Å². The molecule has 7 heteroatoms. The molecular formula is C23H28N2O4S. The third kappa shape index (κ3) is 5.63. The van der Waals surface area contributed by atoms with Crippen LogP contribution < -0.4 is 14.8 Å². The summed E-state index contributed by atoms with van der Waals surface area (Å²) in [4.78, 5) is 17.0. The van der Waals surface area contributed by atoms with E-state index in [1.165, 1.54) is 11.3 Å². The highest BCUT2D eigenvalue weighted by atomic mass is 32.1. The third-order valence-electron chi connectivity index (χ3n) is 4.48. The number of aromatic nitrogens is 1. The smallest absolute Gasteiger partial charge is 0.226 e. The van der Waals surface area contributed by atoms with Crippen LogP contribution in [0.4, 0.5) is 0 Å². The van der Waals surface area contributed by atoms with Gasteiger partial charge in [-0.05, 0) is 49.6 Å². The Hall–Kier alpha value is -2.80. The highest BCUT2D eigenvalue weighted by Gasteiger charge is 2.16. The van der Waals surface area contributed by atoms with Crippen LogP contribution in [0.3, 0.4) is 0 Å². The second-order valence-corrected chi connectivity index (χ2v) is 8.49. The van der Waals surface area contributed by atoms with E-state index in [0.717, 1.165) is 27.8 Å². The molecule has 6 nitrogen and oxygen atoms in total. The number of carbonyl (C=O) groups excluding carboxylic acids is 1. The summed E-state index contributed by atoms with van der Waals surface area (Å²) in [5.41, 5.74) is 1.67. The van der Waals surface area contributed by atoms with Crippen molar-refractivity contribution < 1.29 is 18.7 Å². The van der Waals surface area contributed by atoms with Gasteiger partial charge in [-0.1, -0.05) is 19.9 Å². The monoisotopic (exact) mass is 428 g/mol. The van der Waals surface area contributed by atoms with E-state index in [4.69, 9.17) is 13.9 Å². The van der Waals surface area contributed by atoms with Crippen LogP contribution in [0.5, 0.6) is 11.5 Å². The molecule has 0 saturated carbocycles. The van der Waals surface area contributed by atoms with Gasteiger partial charge in [0.15, 0.2) is 22.3 Å². The van der Waals surface area contributed by atoms with Gasteiger partial charge in [0, 0.05) is 5.38 Å². The number of hydrogen-bond acceptors (Lipinski definition) is 6. The van der Waals surface area contributed by atoms with E-state index in [1.54, 1.807) is 7.11 Å². The normalized spacial score (nSPS) is 12.1. The number of thiazole rings is 1. The first-order valence-corrected chi connectivity index (χ1v) is 10.8. The fraction of sp³-hybridized carbons (Fsp3) is 0.391. The number of nitrogens with zero attached hydrogens (tertiary/aromatic N) is 1. The van der Waals surface area contributed by atoms with Crippen LogP contribution in [-0.2, 0) is 11.2 Å². The zero-order valence-corrected chi connectivity index (χ0v) is 18.8. The second-order valence-electron chi connectivity index (χ2n) is 7.64. The Morgan fingerprint density at radius 3 is 2.67 bits per heavy atom. The Kier molecular flexibility index (Phi) is 7.15. The Morgan fingerprint density at radius 2 is 2.00 bits per heavy atom. The summed E-state index contributed by atoms with van der Waals surface area (Å²) >= 11 is 1.47. The van der Waals surface area contributed by atoms with E-state index >= 15 is 0 Å². The lowest BCUT2D eigenvalue weighted by Crippen LogP contribution is -2.28. The van der Waals surface area contributed by atoms with Crippen molar-refractivity contribution >= 4 is 17.2 Å². The summed E-state index contributed by atoms with van der Waals surface area (Å²) in [5, 5.41) is 5.69. The molecular weight excluding hydrogens is 400 g/mol. The van der Waals surface area contributed by atoms with Crippen LogP contribution in [0.25, 0.3) is 10.8 Å². The van der Waals surface area contributed by atoms with E-state index in [2.05, 4.69) is 24.1 Å². The lowest BCUT2D eigenvalue weighted by Gasteiger charge is -2.17. The summed E-state index contributed by atoms with van der Waals surface area (Å²) in [6.07, 6.45) is 0.216. The molecule has 0 saturated heterocycles. The quantitative estimate of drug-likeness (QED) is 0.509. The Morgan fingerprint density at radius 1 is 1.20 bits per heavy atom. The SMILES string of the molecule is COc1cc(C(C)NC(=O)Cc2csc(-c3ccc(C)o3)n2)ccc1OCC(C)C. The molecule has 0 radical (unpaired) electrons. The average molecular weight is 429 g/mol. The maximum atomic E-state index is 12.5. The van der Waals surface area contributed by atoms with Crippen molar-refractivity contribution in [1.29, 1.82) is 0 Å². The summed E-state index contributed by atoms with van der Waals surface area (Å²) < 4.78 is 16.9. The van der Waals surface area contributed by atoms with Gasteiger partial charge in [-0.2, -0.15) is 0 Å². The summed E-state index contributed by atoms with van der Waals surface area (Å²) in [5.74, 6) is 3.27. The molecule has 0 aliphatic rings. The van der Waals surface area contributed by atoms with E-state index in [1.807, 2.05) is 49.6 Å². The van der Waals surface area contributed by atoms with E-state index in [0.29, 0.717) is 24.0 Å².